The van der Waals surface area contributed by atoms with E-state index in [2.05, 4.69) is 85.8 Å². The van der Waals surface area contributed by atoms with Crippen LogP contribution in [-0.4, -0.2) is 12.5 Å². The fraction of sp³-hybridized carbons (Fsp3) is 0.192. The summed E-state index contributed by atoms with van der Waals surface area (Å²) in [5.41, 5.74) is 3.62. The number of carbonyl (C=O) groups excluding carboxylic acids is 1. The SMILES string of the molecule is CCCN1C(=O)CC(c2cccc3ccccc23)c2c1ccc1ccccc21. The highest BCUT2D eigenvalue weighted by atomic mass is 16.2. The molecule has 0 aliphatic carbocycles. The Balaban J connectivity index is 1.81. The van der Waals surface area contributed by atoms with E-state index < -0.39 is 0 Å². The van der Waals surface area contributed by atoms with Gasteiger partial charge in [0.05, 0.1) is 0 Å². The number of hydrogen-bond acceptors (Lipinski definition) is 1. The molecule has 28 heavy (non-hydrogen) atoms. The minimum Gasteiger partial charge on any atom is -0.312 e. The van der Waals surface area contributed by atoms with Crippen LogP contribution in [-0.2, 0) is 4.79 Å². The predicted octanol–water partition coefficient (Wildman–Crippen LogP) is 6.27. The van der Waals surface area contributed by atoms with Gasteiger partial charge in [-0.25, -0.2) is 0 Å². The van der Waals surface area contributed by atoms with Crippen molar-refractivity contribution >= 4 is 33.1 Å². The first kappa shape index (κ1) is 17.0. The average Bonchev–Trinajstić information content (AvgIpc) is 2.74. The summed E-state index contributed by atoms with van der Waals surface area (Å²) in [4.78, 5) is 15.1. The van der Waals surface area contributed by atoms with Crippen LogP contribution in [0.2, 0.25) is 0 Å². The topological polar surface area (TPSA) is 20.3 Å². The first-order valence-corrected chi connectivity index (χ1v) is 10.1. The standard InChI is InChI=1S/C26H23NO/c1-2-16-27-24-15-14-19-9-4-6-12-21(19)26(24)23(17-25(27)28)22-13-7-10-18-8-3-5-11-20(18)22/h3-15,23H,2,16-17H2,1H3. The van der Waals surface area contributed by atoms with Crippen LogP contribution < -0.4 is 4.90 Å². The van der Waals surface area contributed by atoms with Crippen molar-refractivity contribution in [2.24, 2.45) is 0 Å². The minimum atomic E-state index is 0.0767. The molecule has 2 nitrogen and oxygen atoms in total. The smallest absolute Gasteiger partial charge is 0.227 e. The van der Waals surface area contributed by atoms with Crippen LogP contribution in [0.5, 0.6) is 0 Å². The van der Waals surface area contributed by atoms with E-state index in [1.165, 1.54) is 32.7 Å². The van der Waals surface area contributed by atoms with Crippen molar-refractivity contribution in [3.63, 3.8) is 0 Å². The number of fused-ring (bicyclic) bond motifs is 4. The number of nitrogens with zero attached hydrogens (tertiary/aromatic N) is 1. The summed E-state index contributed by atoms with van der Waals surface area (Å²) in [5, 5.41) is 4.96. The van der Waals surface area contributed by atoms with E-state index in [4.69, 9.17) is 0 Å². The van der Waals surface area contributed by atoms with Gasteiger partial charge >= 0.3 is 0 Å². The molecule has 1 aliphatic rings. The maximum absolute atomic E-state index is 13.1. The lowest BCUT2D eigenvalue weighted by atomic mass is 9.79. The van der Waals surface area contributed by atoms with Gasteiger partial charge in [-0.2, -0.15) is 0 Å². The van der Waals surface area contributed by atoms with Crippen molar-refractivity contribution in [2.75, 3.05) is 11.4 Å². The van der Waals surface area contributed by atoms with Crippen molar-refractivity contribution in [3.8, 4) is 0 Å². The zero-order chi connectivity index (χ0) is 19.1. The van der Waals surface area contributed by atoms with Gasteiger partial charge in [-0.05, 0) is 45.2 Å². The number of carbonyl (C=O) groups is 1. The van der Waals surface area contributed by atoms with E-state index in [1.54, 1.807) is 0 Å². The zero-order valence-electron chi connectivity index (χ0n) is 16.1. The van der Waals surface area contributed by atoms with Crippen LogP contribution in [0.4, 0.5) is 5.69 Å². The molecule has 0 bridgehead atoms. The number of rotatable bonds is 3. The zero-order valence-corrected chi connectivity index (χ0v) is 16.1. The monoisotopic (exact) mass is 365 g/mol. The molecule has 138 valence electrons. The third-order valence-corrected chi connectivity index (χ3v) is 5.91. The summed E-state index contributed by atoms with van der Waals surface area (Å²) in [6.45, 7) is 2.90. The highest BCUT2D eigenvalue weighted by molar-refractivity contribution is 6.04. The lowest BCUT2D eigenvalue weighted by molar-refractivity contribution is -0.119. The van der Waals surface area contributed by atoms with E-state index in [9.17, 15) is 4.79 Å². The first-order valence-electron chi connectivity index (χ1n) is 10.1. The van der Waals surface area contributed by atoms with Crippen molar-refractivity contribution in [3.05, 3.63) is 90.0 Å². The normalized spacial score (nSPS) is 16.5. The van der Waals surface area contributed by atoms with Crippen molar-refractivity contribution in [1.29, 1.82) is 0 Å². The summed E-state index contributed by atoms with van der Waals surface area (Å²) >= 11 is 0. The second kappa shape index (κ2) is 6.79. The molecular weight excluding hydrogens is 342 g/mol. The Morgan fingerprint density at radius 2 is 1.50 bits per heavy atom. The number of hydrogen-bond donors (Lipinski definition) is 0. The van der Waals surface area contributed by atoms with E-state index in [0.717, 1.165) is 18.7 Å². The van der Waals surface area contributed by atoms with Gasteiger partial charge in [0.25, 0.3) is 0 Å². The third kappa shape index (κ3) is 2.60. The molecule has 4 aromatic rings. The van der Waals surface area contributed by atoms with Crippen LogP contribution in [0, 0.1) is 0 Å². The molecule has 1 heterocycles. The molecule has 2 heteroatoms. The van der Waals surface area contributed by atoms with Gasteiger partial charge in [0, 0.05) is 24.6 Å². The van der Waals surface area contributed by atoms with Gasteiger partial charge in [-0.1, -0.05) is 79.7 Å². The van der Waals surface area contributed by atoms with E-state index in [0.29, 0.717) is 6.42 Å². The molecule has 1 aliphatic heterocycles. The number of anilines is 1. The molecular formula is C26H23NO. The third-order valence-electron chi connectivity index (χ3n) is 5.91. The van der Waals surface area contributed by atoms with Gasteiger partial charge < -0.3 is 4.90 Å². The molecule has 1 atom stereocenters. The van der Waals surface area contributed by atoms with Crippen LogP contribution >= 0.6 is 0 Å². The lowest BCUT2D eigenvalue weighted by Gasteiger charge is -2.35. The van der Waals surface area contributed by atoms with Gasteiger partial charge in [0.15, 0.2) is 0 Å². The number of benzene rings is 4. The summed E-state index contributed by atoms with van der Waals surface area (Å²) in [6.07, 6.45) is 1.48. The number of amides is 1. The van der Waals surface area contributed by atoms with Gasteiger partial charge in [-0.15, -0.1) is 0 Å². The molecule has 0 spiro atoms. The van der Waals surface area contributed by atoms with Gasteiger partial charge in [0.2, 0.25) is 5.91 Å². The fourth-order valence-corrected chi connectivity index (χ4v) is 4.70. The molecule has 0 saturated heterocycles. The second-order valence-corrected chi connectivity index (χ2v) is 7.59. The van der Waals surface area contributed by atoms with Crippen molar-refractivity contribution in [1.82, 2.24) is 0 Å². The minimum absolute atomic E-state index is 0.0767. The second-order valence-electron chi connectivity index (χ2n) is 7.59. The van der Waals surface area contributed by atoms with E-state index in [1.807, 2.05) is 4.90 Å². The summed E-state index contributed by atoms with van der Waals surface area (Å²) < 4.78 is 0. The highest BCUT2D eigenvalue weighted by Crippen LogP contribution is 2.45. The van der Waals surface area contributed by atoms with Crippen LogP contribution in [0.15, 0.2) is 78.9 Å². The van der Waals surface area contributed by atoms with E-state index in [-0.39, 0.29) is 11.8 Å². The van der Waals surface area contributed by atoms with Gasteiger partial charge in [0.1, 0.15) is 0 Å². The Bertz CT molecular complexity index is 1190. The van der Waals surface area contributed by atoms with Crippen LogP contribution in [0.25, 0.3) is 21.5 Å². The molecule has 0 fully saturated rings. The quantitative estimate of drug-likeness (QED) is 0.419. The Morgan fingerprint density at radius 3 is 2.29 bits per heavy atom. The molecule has 4 aromatic carbocycles. The lowest BCUT2D eigenvalue weighted by Crippen LogP contribution is -2.37. The fourth-order valence-electron chi connectivity index (χ4n) is 4.70. The maximum atomic E-state index is 13.1. The van der Waals surface area contributed by atoms with Crippen LogP contribution in [0.3, 0.4) is 0 Å². The van der Waals surface area contributed by atoms with E-state index >= 15 is 0 Å². The van der Waals surface area contributed by atoms with Crippen molar-refractivity contribution < 1.29 is 4.79 Å². The Labute approximate surface area is 165 Å². The Morgan fingerprint density at radius 1 is 0.821 bits per heavy atom. The van der Waals surface area contributed by atoms with Crippen LogP contribution in [0.1, 0.15) is 36.8 Å². The molecule has 1 amide bonds. The Kier molecular flexibility index (Phi) is 4.12. The summed E-state index contributed by atoms with van der Waals surface area (Å²) in [7, 11) is 0. The molecule has 0 radical (unpaired) electrons. The van der Waals surface area contributed by atoms with Gasteiger partial charge in [-0.3, -0.25) is 4.79 Å². The summed E-state index contributed by atoms with van der Waals surface area (Å²) in [6, 6.07) is 27.8. The predicted molar refractivity (Wildman–Crippen MR) is 117 cm³/mol. The molecule has 0 aromatic heterocycles. The molecule has 5 rings (SSSR count). The molecule has 0 saturated carbocycles. The Hall–Kier alpha value is -3.13. The van der Waals surface area contributed by atoms with Crippen molar-refractivity contribution in [2.45, 2.75) is 25.7 Å². The summed E-state index contributed by atoms with van der Waals surface area (Å²) in [5.74, 6) is 0.301. The highest BCUT2D eigenvalue weighted by Gasteiger charge is 2.33. The maximum Gasteiger partial charge on any atom is 0.227 e. The average molecular weight is 365 g/mol. The first-order chi connectivity index (χ1) is 13.8. The molecule has 0 N–H and O–H groups in total. The largest absolute Gasteiger partial charge is 0.312 e. The molecule has 1 unspecified atom stereocenters.